The summed E-state index contributed by atoms with van der Waals surface area (Å²) in [6, 6.07) is 6.96. The van der Waals surface area contributed by atoms with Crippen LogP contribution in [0, 0.1) is 0 Å². The molecule has 0 spiro atoms. The molecule has 0 saturated heterocycles. The van der Waals surface area contributed by atoms with Crippen molar-refractivity contribution in [2.75, 3.05) is 19.8 Å². The molecule has 0 aliphatic rings. The highest BCUT2D eigenvalue weighted by Gasteiger charge is 2.16. The monoisotopic (exact) mass is 299 g/mol. The molecule has 1 amide bonds. The molecule has 0 atom stereocenters. The third-order valence-electron chi connectivity index (χ3n) is 2.63. The van der Waals surface area contributed by atoms with E-state index in [-0.39, 0.29) is 25.4 Å². The molecular weight excluding hydrogens is 282 g/mol. The first-order valence-corrected chi connectivity index (χ1v) is 6.72. The van der Waals surface area contributed by atoms with E-state index in [9.17, 15) is 9.59 Å². The van der Waals surface area contributed by atoms with Crippen LogP contribution in [-0.2, 0) is 20.9 Å². The molecule has 1 rings (SSSR count). The highest BCUT2D eigenvalue weighted by molar-refractivity contribution is 6.30. The van der Waals surface area contributed by atoms with E-state index in [1.54, 1.807) is 24.3 Å². The second kappa shape index (κ2) is 8.55. The minimum Gasteiger partial charge on any atom is -0.480 e. The molecule has 0 bridgehead atoms. The number of amides is 1. The summed E-state index contributed by atoms with van der Waals surface area (Å²) in [6.07, 6.45) is 0.175. The van der Waals surface area contributed by atoms with Gasteiger partial charge in [-0.3, -0.25) is 9.59 Å². The number of aliphatic carboxylic acids is 1. The van der Waals surface area contributed by atoms with E-state index in [2.05, 4.69) is 0 Å². The molecule has 1 N–H and O–H groups in total. The van der Waals surface area contributed by atoms with Crippen LogP contribution in [0.25, 0.3) is 0 Å². The Hall–Kier alpha value is -1.59. The van der Waals surface area contributed by atoms with Gasteiger partial charge in [0.15, 0.2) is 0 Å². The van der Waals surface area contributed by atoms with Gasteiger partial charge in [0.1, 0.15) is 6.54 Å². The second-order valence-corrected chi connectivity index (χ2v) is 4.65. The summed E-state index contributed by atoms with van der Waals surface area (Å²) in [7, 11) is 0. The number of carboxylic acid groups (broad SMARTS) is 1. The number of carbonyl (C=O) groups is 2. The molecule has 0 fully saturated rings. The Morgan fingerprint density at radius 1 is 1.30 bits per heavy atom. The lowest BCUT2D eigenvalue weighted by molar-refractivity contribution is -0.145. The topological polar surface area (TPSA) is 66.8 Å². The van der Waals surface area contributed by atoms with Gasteiger partial charge in [-0.25, -0.2) is 0 Å². The van der Waals surface area contributed by atoms with E-state index in [1.165, 1.54) is 4.90 Å². The van der Waals surface area contributed by atoms with Crippen LogP contribution in [0.2, 0.25) is 5.02 Å². The zero-order chi connectivity index (χ0) is 15.0. The number of hydrogen-bond acceptors (Lipinski definition) is 3. The molecule has 0 aliphatic heterocycles. The van der Waals surface area contributed by atoms with Crippen LogP contribution in [0.4, 0.5) is 0 Å². The fourth-order valence-corrected chi connectivity index (χ4v) is 1.79. The van der Waals surface area contributed by atoms with Crippen LogP contribution in [0.1, 0.15) is 18.9 Å². The first-order valence-electron chi connectivity index (χ1n) is 6.34. The van der Waals surface area contributed by atoms with E-state index < -0.39 is 5.97 Å². The van der Waals surface area contributed by atoms with E-state index in [4.69, 9.17) is 21.4 Å². The Balaban J connectivity index is 2.65. The van der Waals surface area contributed by atoms with Crippen molar-refractivity contribution in [2.24, 2.45) is 0 Å². The van der Waals surface area contributed by atoms with Crippen LogP contribution < -0.4 is 0 Å². The number of ether oxygens (including phenoxy) is 1. The van der Waals surface area contributed by atoms with Gasteiger partial charge in [0.05, 0.1) is 13.0 Å². The maximum atomic E-state index is 12.0. The SMILES string of the molecule is CCOCCC(=O)N(CC(=O)O)Cc1ccc(Cl)cc1. The predicted octanol–water partition coefficient (Wildman–Crippen LogP) is 2.18. The normalized spacial score (nSPS) is 10.3. The van der Waals surface area contributed by atoms with Crippen molar-refractivity contribution in [1.82, 2.24) is 4.90 Å². The average molecular weight is 300 g/mol. The Labute approximate surface area is 123 Å². The molecule has 0 saturated carbocycles. The van der Waals surface area contributed by atoms with E-state index in [0.29, 0.717) is 18.2 Å². The summed E-state index contributed by atoms with van der Waals surface area (Å²) in [5.41, 5.74) is 0.834. The number of hydrogen-bond donors (Lipinski definition) is 1. The lowest BCUT2D eigenvalue weighted by Gasteiger charge is -2.21. The lowest BCUT2D eigenvalue weighted by Crippen LogP contribution is -2.35. The van der Waals surface area contributed by atoms with Gasteiger partial charge in [-0.1, -0.05) is 23.7 Å². The van der Waals surface area contributed by atoms with Crippen LogP contribution in [-0.4, -0.2) is 41.6 Å². The number of carbonyl (C=O) groups excluding carboxylic acids is 1. The van der Waals surface area contributed by atoms with Crippen molar-refractivity contribution in [3.8, 4) is 0 Å². The molecule has 0 unspecified atom stereocenters. The van der Waals surface area contributed by atoms with E-state index >= 15 is 0 Å². The molecule has 0 radical (unpaired) electrons. The van der Waals surface area contributed by atoms with Gasteiger partial charge < -0.3 is 14.7 Å². The molecule has 5 nitrogen and oxygen atoms in total. The number of benzene rings is 1. The van der Waals surface area contributed by atoms with Crippen molar-refractivity contribution in [3.63, 3.8) is 0 Å². The molecule has 1 aromatic rings. The summed E-state index contributed by atoms with van der Waals surface area (Å²) < 4.78 is 5.11. The second-order valence-electron chi connectivity index (χ2n) is 4.22. The molecule has 0 aliphatic carbocycles. The molecular formula is C14H18ClNO4. The fraction of sp³-hybridized carbons (Fsp3) is 0.429. The summed E-state index contributed by atoms with van der Waals surface area (Å²) in [5, 5.41) is 9.48. The van der Waals surface area contributed by atoms with Crippen molar-refractivity contribution in [3.05, 3.63) is 34.9 Å². The third-order valence-corrected chi connectivity index (χ3v) is 2.88. The van der Waals surface area contributed by atoms with Crippen LogP contribution in [0.15, 0.2) is 24.3 Å². The number of halogens is 1. The Bertz CT molecular complexity index is 447. The van der Waals surface area contributed by atoms with Gasteiger partial charge in [-0.15, -0.1) is 0 Å². The predicted molar refractivity (Wildman–Crippen MR) is 75.6 cm³/mol. The zero-order valence-electron chi connectivity index (χ0n) is 11.3. The lowest BCUT2D eigenvalue weighted by atomic mass is 10.2. The molecule has 110 valence electrons. The molecule has 0 aromatic heterocycles. The van der Waals surface area contributed by atoms with Gasteiger partial charge in [0.2, 0.25) is 5.91 Å². The molecule has 0 heterocycles. The largest absolute Gasteiger partial charge is 0.480 e. The standard InChI is InChI=1S/C14H18ClNO4/c1-2-20-8-7-13(17)16(10-14(18)19)9-11-3-5-12(15)6-4-11/h3-6H,2,7-10H2,1H3,(H,18,19). The maximum Gasteiger partial charge on any atom is 0.323 e. The van der Waals surface area contributed by atoms with Crippen LogP contribution in [0.3, 0.4) is 0 Å². The van der Waals surface area contributed by atoms with Gasteiger partial charge >= 0.3 is 5.97 Å². The van der Waals surface area contributed by atoms with E-state index in [0.717, 1.165) is 5.56 Å². The van der Waals surface area contributed by atoms with Gasteiger partial charge in [-0.2, -0.15) is 0 Å². The Morgan fingerprint density at radius 2 is 1.95 bits per heavy atom. The van der Waals surface area contributed by atoms with Crippen LogP contribution >= 0.6 is 11.6 Å². The number of carboxylic acids is 1. The summed E-state index contributed by atoms with van der Waals surface area (Å²) >= 11 is 5.79. The fourth-order valence-electron chi connectivity index (χ4n) is 1.67. The van der Waals surface area contributed by atoms with Crippen molar-refractivity contribution in [2.45, 2.75) is 19.9 Å². The third kappa shape index (κ3) is 6.04. The summed E-state index contributed by atoms with van der Waals surface area (Å²) in [5.74, 6) is -1.28. The molecule has 1 aromatic carbocycles. The quantitative estimate of drug-likeness (QED) is 0.747. The van der Waals surface area contributed by atoms with Gasteiger partial charge in [0.25, 0.3) is 0 Å². The minimum absolute atomic E-state index is 0.175. The average Bonchev–Trinajstić information content (AvgIpc) is 2.40. The highest BCUT2D eigenvalue weighted by Crippen LogP contribution is 2.12. The van der Waals surface area contributed by atoms with Crippen molar-refractivity contribution in [1.29, 1.82) is 0 Å². The Morgan fingerprint density at radius 3 is 2.50 bits per heavy atom. The molecule has 20 heavy (non-hydrogen) atoms. The molecule has 6 heteroatoms. The van der Waals surface area contributed by atoms with Gasteiger partial charge in [-0.05, 0) is 24.6 Å². The first-order chi connectivity index (χ1) is 9.52. The number of rotatable bonds is 8. The number of nitrogens with zero attached hydrogens (tertiary/aromatic N) is 1. The first kappa shape index (κ1) is 16.5. The zero-order valence-corrected chi connectivity index (χ0v) is 12.1. The van der Waals surface area contributed by atoms with Crippen molar-refractivity contribution >= 4 is 23.5 Å². The van der Waals surface area contributed by atoms with Crippen molar-refractivity contribution < 1.29 is 19.4 Å². The smallest absolute Gasteiger partial charge is 0.323 e. The van der Waals surface area contributed by atoms with Crippen LogP contribution in [0.5, 0.6) is 0 Å². The minimum atomic E-state index is -1.04. The maximum absolute atomic E-state index is 12.0. The highest BCUT2D eigenvalue weighted by atomic mass is 35.5. The van der Waals surface area contributed by atoms with Gasteiger partial charge in [0, 0.05) is 18.2 Å². The Kier molecular flexibility index (Phi) is 7.04. The van der Waals surface area contributed by atoms with E-state index in [1.807, 2.05) is 6.92 Å². The summed E-state index contributed by atoms with van der Waals surface area (Å²) in [4.78, 5) is 24.1. The summed E-state index contributed by atoms with van der Waals surface area (Å²) in [6.45, 7) is 2.59.